The molecular weight excluding hydrogens is 440 g/mol. The Balaban J connectivity index is 1.89. The zero-order valence-corrected chi connectivity index (χ0v) is 20.9. The van der Waals surface area contributed by atoms with Gasteiger partial charge in [-0.25, -0.2) is 0 Å². The molecule has 0 bridgehead atoms. The zero-order chi connectivity index (χ0) is 25.4. The van der Waals surface area contributed by atoms with Crippen LogP contribution in [0.4, 0.5) is 0 Å². The molecule has 8 heteroatoms. The first-order chi connectivity index (χ1) is 15.9. The maximum atomic E-state index is 10.9. The van der Waals surface area contributed by atoms with Crippen LogP contribution in [-0.2, 0) is 9.47 Å². The minimum Gasteiger partial charge on any atom is -0.394 e. The highest BCUT2D eigenvalue weighted by atomic mass is 16.7. The lowest BCUT2D eigenvalue weighted by molar-refractivity contribution is -0.313. The number of allylic oxidation sites excluding steroid dienone is 1. The van der Waals surface area contributed by atoms with E-state index in [4.69, 9.17) is 9.47 Å². The van der Waals surface area contributed by atoms with E-state index in [1.54, 1.807) is 0 Å². The molecule has 10 atom stereocenters. The lowest BCUT2D eigenvalue weighted by Gasteiger charge is -2.61. The molecule has 1 heterocycles. The number of rotatable bonds is 7. The molecule has 6 N–H and O–H groups in total. The Kier molecular flexibility index (Phi) is 8.69. The molecule has 0 amide bonds. The van der Waals surface area contributed by atoms with Crippen molar-refractivity contribution in [1.29, 1.82) is 0 Å². The van der Waals surface area contributed by atoms with Gasteiger partial charge in [-0.05, 0) is 67.3 Å². The van der Waals surface area contributed by atoms with Crippen molar-refractivity contribution < 1.29 is 40.1 Å². The molecule has 8 nitrogen and oxygen atoms in total. The summed E-state index contributed by atoms with van der Waals surface area (Å²) in [5.41, 5.74) is 1.52. The lowest BCUT2D eigenvalue weighted by Crippen LogP contribution is -2.61. The molecule has 0 aromatic rings. The topological polar surface area (TPSA) is 140 Å². The number of hydrogen-bond donors (Lipinski definition) is 6. The van der Waals surface area contributed by atoms with E-state index in [2.05, 4.69) is 27.4 Å². The van der Waals surface area contributed by atoms with Crippen molar-refractivity contribution in [3.05, 3.63) is 23.8 Å². The van der Waals surface area contributed by atoms with E-state index >= 15 is 0 Å². The average Bonchev–Trinajstić information content (AvgIpc) is 2.78. The van der Waals surface area contributed by atoms with Gasteiger partial charge in [0.2, 0.25) is 0 Å². The molecule has 3 fully saturated rings. The maximum absolute atomic E-state index is 10.9. The summed E-state index contributed by atoms with van der Waals surface area (Å²) in [5, 5.41) is 60.5. The molecule has 3 aliphatic rings. The Hall–Kier alpha value is -0.840. The monoisotopic (exact) mass is 484 g/mol. The molecule has 196 valence electrons. The number of hydrogen-bond acceptors (Lipinski definition) is 8. The summed E-state index contributed by atoms with van der Waals surface area (Å²) in [6, 6.07) is 0. The fourth-order valence-electron chi connectivity index (χ4n) is 6.71. The fraction of sp³-hybridized carbons (Fsp3) is 0.846. The number of ether oxygens (including phenoxy) is 2. The highest BCUT2D eigenvalue weighted by molar-refractivity contribution is 5.22. The van der Waals surface area contributed by atoms with Crippen molar-refractivity contribution in [2.45, 2.75) is 103 Å². The van der Waals surface area contributed by atoms with Crippen LogP contribution in [0.25, 0.3) is 0 Å². The smallest absolute Gasteiger partial charge is 0.187 e. The van der Waals surface area contributed by atoms with Crippen molar-refractivity contribution >= 4 is 0 Å². The Morgan fingerprint density at radius 2 is 1.79 bits per heavy atom. The first kappa shape index (κ1) is 27.7. The van der Waals surface area contributed by atoms with Crippen molar-refractivity contribution in [2.24, 2.45) is 22.7 Å². The summed E-state index contributed by atoms with van der Waals surface area (Å²) >= 11 is 0. The van der Waals surface area contributed by atoms with E-state index < -0.39 is 49.5 Å². The molecule has 1 saturated heterocycles. The second-order valence-corrected chi connectivity index (χ2v) is 11.4. The van der Waals surface area contributed by atoms with Crippen LogP contribution in [0, 0.1) is 22.7 Å². The molecule has 1 aliphatic heterocycles. The largest absolute Gasteiger partial charge is 0.394 e. The van der Waals surface area contributed by atoms with Crippen LogP contribution in [0.1, 0.15) is 59.8 Å². The van der Waals surface area contributed by atoms with E-state index in [0.29, 0.717) is 12.8 Å². The molecule has 34 heavy (non-hydrogen) atoms. The summed E-state index contributed by atoms with van der Waals surface area (Å²) in [7, 11) is 0. The van der Waals surface area contributed by atoms with Gasteiger partial charge in [0.1, 0.15) is 24.4 Å². The second-order valence-electron chi connectivity index (χ2n) is 11.4. The lowest BCUT2D eigenvalue weighted by atomic mass is 9.46. The Bertz CT molecular complexity index is 749. The Morgan fingerprint density at radius 3 is 2.41 bits per heavy atom. The molecule has 0 spiro atoms. The van der Waals surface area contributed by atoms with Gasteiger partial charge >= 0.3 is 0 Å². The van der Waals surface area contributed by atoms with E-state index in [1.807, 2.05) is 13.0 Å². The van der Waals surface area contributed by atoms with Crippen molar-refractivity contribution in [3.8, 4) is 0 Å². The summed E-state index contributed by atoms with van der Waals surface area (Å²) in [4.78, 5) is 0. The summed E-state index contributed by atoms with van der Waals surface area (Å²) in [6.07, 6.45) is -2.05. The van der Waals surface area contributed by atoms with Gasteiger partial charge in [-0.15, -0.1) is 0 Å². The predicted octanol–water partition coefficient (Wildman–Crippen LogP) is 1.27. The van der Waals surface area contributed by atoms with E-state index in [9.17, 15) is 30.6 Å². The SMILES string of the molecule is C=C1[C@@H](CC/C(C)=C\CO)[C@@]2(C)CC[C@H](O)C(C)(C)[C@@H]2C[C@H]1O[C@@H]1O[C@H](CO)[C@@H](O)[C@H](O)[C@@H]1O. The van der Waals surface area contributed by atoms with Crippen molar-refractivity contribution in [2.75, 3.05) is 13.2 Å². The molecule has 3 rings (SSSR count). The highest BCUT2D eigenvalue weighted by Gasteiger charge is 2.58. The average molecular weight is 485 g/mol. The summed E-state index contributed by atoms with van der Waals surface area (Å²) in [6.45, 7) is 12.3. The molecule has 2 saturated carbocycles. The Labute approximate surface area is 202 Å². The van der Waals surface area contributed by atoms with Crippen molar-refractivity contribution in [3.63, 3.8) is 0 Å². The number of aliphatic hydroxyl groups excluding tert-OH is 6. The van der Waals surface area contributed by atoms with E-state index in [0.717, 1.165) is 30.4 Å². The van der Waals surface area contributed by atoms with Crippen LogP contribution in [0.2, 0.25) is 0 Å². The molecule has 0 aromatic heterocycles. The van der Waals surface area contributed by atoms with Crippen LogP contribution < -0.4 is 0 Å². The maximum Gasteiger partial charge on any atom is 0.187 e. The Morgan fingerprint density at radius 1 is 1.12 bits per heavy atom. The number of aliphatic hydroxyl groups is 6. The highest BCUT2D eigenvalue weighted by Crippen LogP contribution is 2.62. The van der Waals surface area contributed by atoms with Crippen LogP contribution in [0.15, 0.2) is 23.8 Å². The standard InChI is InChI=1S/C26H44O8/c1-14(9-11-27)6-7-16-15(2)17(12-19-25(3,4)20(29)8-10-26(16,19)5)33-24-23(32)22(31)21(30)18(13-28)34-24/h9,16-24,27-32H,2,6-8,10-13H2,1,3-5H3/b14-9-/t16-,17-,18-,19+,20+,21-,22+,23+,24-,26-/m1/s1. The summed E-state index contributed by atoms with van der Waals surface area (Å²) < 4.78 is 11.8. The predicted molar refractivity (Wildman–Crippen MR) is 127 cm³/mol. The molecule has 2 aliphatic carbocycles. The van der Waals surface area contributed by atoms with Crippen LogP contribution in [0.3, 0.4) is 0 Å². The van der Waals surface area contributed by atoms with Crippen molar-refractivity contribution in [1.82, 2.24) is 0 Å². The normalized spacial score (nSPS) is 45.2. The van der Waals surface area contributed by atoms with Crippen LogP contribution >= 0.6 is 0 Å². The molecular formula is C26H44O8. The second kappa shape index (κ2) is 10.6. The van der Waals surface area contributed by atoms with Crippen LogP contribution in [-0.4, -0.2) is 86.8 Å². The number of fused-ring (bicyclic) bond motifs is 1. The quantitative estimate of drug-likeness (QED) is 0.235. The minimum absolute atomic E-state index is 0.000588. The van der Waals surface area contributed by atoms with Crippen LogP contribution in [0.5, 0.6) is 0 Å². The van der Waals surface area contributed by atoms with E-state index in [-0.39, 0.29) is 29.3 Å². The molecule has 0 radical (unpaired) electrons. The van der Waals surface area contributed by atoms with Gasteiger partial charge in [-0.2, -0.15) is 0 Å². The van der Waals surface area contributed by atoms with Gasteiger partial charge in [-0.3, -0.25) is 0 Å². The van der Waals surface area contributed by atoms with Gasteiger partial charge in [-0.1, -0.05) is 39.0 Å². The minimum atomic E-state index is -1.51. The third kappa shape index (κ3) is 5.02. The van der Waals surface area contributed by atoms with Gasteiger partial charge in [0.15, 0.2) is 6.29 Å². The molecule has 0 aromatic carbocycles. The molecule has 0 unspecified atom stereocenters. The first-order valence-corrected chi connectivity index (χ1v) is 12.5. The van der Waals surface area contributed by atoms with Gasteiger partial charge in [0.25, 0.3) is 0 Å². The third-order valence-corrected chi connectivity index (χ3v) is 9.03. The van der Waals surface area contributed by atoms with Gasteiger partial charge < -0.3 is 40.1 Å². The zero-order valence-electron chi connectivity index (χ0n) is 20.9. The fourth-order valence-corrected chi connectivity index (χ4v) is 6.71. The third-order valence-electron chi connectivity index (χ3n) is 9.03. The first-order valence-electron chi connectivity index (χ1n) is 12.5. The van der Waals surface area contributed by atoms with Gasteiger partial charge in [0, 0.05) is 0 Å². The summed E-state index contributed by atoms with van der Waals surface area (Å²) in [5.74, 6) is 0.186. The van der Waals surface area contributed by atoms with Gasteiger partial charge in [0.05, 0.1) is 25.4 Å². The van der Waals surface area contributed by atoms with E-state index in [1.165, 1.54) is 0 Å².